The fourth-order valence-corrected chi connectivity index (χ4v) is 3.01. The molecule has 0 aromatic carbocycles. The van der Waals surface area contributed by atoms with Crippen molar-refractivity contribution in [1.29, 1.82) is 0 Å². The molecule has 1 aromatic heterocycles. The van der Waals surface area contributed by atoms with E-state index in [2.05, 4.69) is 46.2 Å². The summed E-state index contributed by atoms with van der Waals surface area (Å²) in [6, 6.07) is 0. The summed E-state index contributed by atoms with van der Waals surface area (Å²) in [6.07, 6.45) is 3.07. The first-order valence-electron chi connectivity index (χ1n) is 7.46. The van der Waals surface area contributed by atoms with Gasteiger partial charge in [0.25, 0.3) is 0 Å². The topological polar surface area (TPSA) is 58.3 Å². The van der Waals surface area contributed by atoms with Crippen molar-refractivity contribution in [3.05, 3.63) is 12.2 Å². The second-order valence-electron chi connectivity index (χ2n) is 5.78. The number of rotatable bonds is 3. The minimum absolute atomic E-state index is 0. The maximum atomic E-state index is 4.41. The normalized spacial score (nSPS) is 22.9. The van der Waals surface area contributed by atoms with E-state index in [0.29, 0.717) is 6.54 Å². The van der Waals surface area contributed by atoms with E-state index in [-0.39, 0.29) is 24.0 Å². The van der Waals surface area contributed by atoms with Gasteiger partial charge in [0.2, 0.25) is 0 Å². The standard InChI is InChI=1S/C14H26N6.HI/c1-5-19-10-17-18-13(19)7-16-14(15-4)20-8-11(2)6-12(3)9-20;/h10-12H,5-9H2,1-4H3,(H,15,16);1H. The summed E-state index contributed by atoms with van der Waals surface area (Å²) in [7, 11) is 1.84. The number of piperidine rings is 1. The van der Waals surface area contributed by atoms with E-state index < -0.39 is 0 Å². The number of nitrogens with zero attached hydrogens (tertiary/aromatic N) is 5. The lowest BCUT2D eigenvalue weighted by Gasteiger charge is -2.37. The Bertz CT molecular complexity index is 448. The number of aryl methyl sites for hydroxylation is 1. The third kappa shape index (κ3) is 4.82. The highest BCUT2D eigenvalue weighted by atomic mass is 127. The second-order valence-corrected chi connectivity index (χ2v) is 5.78. The van der Waals surface area contributed by atoms with Gasteiger partial charge in [-0.25, -0.2) is 0 Å². The van der Waals surface area contributed by atoms with Crippen molar-refractivity contribution in [1.82, 2.24) is 25.0 Å². The van der Waals surface area contributed by atoms with Gasteiger partial charge in [-0.1, -0.05) is 13.8 Å². The predicted octanol–water partition coefficient (Wildman–Crippen LogP) is 1.97. The number of aliphatic imine (C=N–C) groups is 1. The fraction of sp³-hybridized carbons (Fsp3) is 0.786. The van der Waals surface area contributed by atoms with Crippen LogP contribution in [0.2, 0.25) is 0 Å². The van der Waals surface area contributed by atoms with Crippen molar-refractivity contribution in [2.75, 3.05) is 20.1 Å². The first kappa shape index (κ1) is 18.2. The molecule has 1 aromatic rings. The SMILES string of the molecule is CCn1cnnc1CNC(=NC)N1CC(C)CC(C)C1.I. The summed E-state index contributed by atoms with van der Waals surface area (Å²) in [5, 5.41) is 11.5. The van der Waals surface area contributed by atoms with E-state index in [1.807, 2.05) is 11.6 Å². The van der Waals surface area contributed by atoms with E-state index in [1.165, 1.54) is 6.42 Å². The zero-order valence-electron chi connectivity index (χ0n) is 13.4. The highest BCUT2D eigenvalue weighted by Crippen LogP contribution is 2.20. The lowest BCUT2D eigenvalue weighted by Crippen LogP contribution is -2.48. The molecule has 0 amide bonds. The number of nitrogens with one attached hydrogen (secondary N) is 1. The molecule has 0 saturated carbocycles. The molecule has 0 spiro atoms. The fourth-order valence-electron chi connectivity index (χ4n) is 3.01. The van der Waals surface area contributed by atoms with E-state index in [9.17, 15) is 0 Å². The van der Waals surface area contributed by atoms with Crippen LogP contribution in [0.4, 0.5) is 0 Å². The van der Waals surface area contributed by atoms with Crippen LogP contribution in [0, 0.1) is 11.8 Å². The quantitative estimate of drug-likeness (QED) is 0.474. The lowest BCUT2D eigenvalue weighted by molar-refractivity contribution is 0.208. The first-order chi connectivity index (χ1) is 9.63. The van der Waals surface area contributed by atoms with E-state index in [4.69, 9.17) is 0 Å². The van der Waals surface area contributed by atoms with Crippen LogP contribution in [-0.2, 0) is 13.1 Å². The van der Waals surface area contributed by atoms with E-state index >= 15 is 0 Å². The molecular weight excluding hydrogens is 379 g/mol. The highest BCUT2D eigenvalue weighted by molar-refractivity contribution is 14.0. The van der Waals surface area contributed by atoms with Crippen molar-refractivity contribution in [2.45, 2.75) is 40.3 Å². The molecule has 2 unspecified atom stereocenters. The van der Waals surface area contributed by atoms with Crippen LogP contribution in [0.3, 0.4) is 0 Å². The van der Waals surface area contributed by atoms with Crippen LogP contribution in [0.15, 0.2) is 11.3 Å². The molecule has 2 heterocycles. The summed E-state index contributed by atoms with van der Waals surface area (Å²) >= 11 is 0. The van der Waals surface area contributed by atoms with Crippen LogP contribution in [0.1, 0.15) is 33.0 Å². The number of hydrogen-bond donors (Lipinski definition) is 1. The second kappa shape index (κ2) is 8.55. The molecule has 1 fully saturated rings. The van der Waals surface area contributed by atoms with Crippen molar-refractivity contribution in [3.63, 3.8) is 0 Å². The molecule has 0 aliphatic carbocycles. The van der Waals surface area contributed by atoms with Crippen LogP contribution >= 0.6 is 24.0 Å². The van der Waals surface area contributed by atoms with Crippen LogP contribution in [0.5, 0.6) is 0 Å². The summed E-state index contributed by atoms with van der Waals surface area (Å²) < 4.78 is 2.04. The Morgan fingerprint density at radius 3 is 2.62 bits per heavy atom. The van der Waals surface area contributed by atoms with Gasteiger partial charge >= 0.3 is 0 Å². The molecule has 21 heavy (non-hydrogen) atoms. The summed E-state index contributed by atoms with van der Waals surface area (Å²) in [4.78, 5) is 6.76. The molecule has 6 nitrogen and oxygen atoms in total. The minimum atomic E-state index is 0. The largest absolute Gasteiger partial charge is 0.349 e. The Morgan fingerprint density at radius 2 is 2.05 bits per heavy atom. The van der Waals surface area contributed by atoms with Gasteiger partial charge in [0, 0.05) is 26.7 Å². The maximum absolute atomic E-state index is 4.41. The molecule has 1 aliphatic rings. The summed E-state index contributed by atoms with van der Waals surface area (Å²) in [5.74, 6) is 3.36. The Balaban J connectivity index is 0.00000220. The van der Waals surface area contributed by atoms with Crippen LogP contribution < -0.4 is 5.32 Å². The van der Waals surface area contributed by atoms with Gasteiger partial charge in [-0.05, 0) is 25.2 Å². The van der Waals surface area contributed by atoms with Gasteiger partial charge in [-0.2, -0.15) is 0 Å². The maximum Gasteiger partial charge on any atom is 0.194 e. The highest BCUT2D eigenvalue weighted by Gasteiger charge is 2.24. The molecule has 120 valence electrons. The lowest BCUT2D eigenvalue weighted by atomic mass is 9.92. The van der Waals surface area contributed by atoms with E-state index in [0.717, 1.165) is 43.3 Å². The Morgan fingerprint density at radius 1 is 1.38 bits per heavy atom. The Hall–Kier alpha value is -0.860. The third-order valence-corrected chi connectivity index (χ3v) is 3.82. The van der Waals surface area contributed by atoms with Gasteiger partial charge in [0.05, 0.1) is 6.54 Å². The summed E-state index contributed by atoms with van der Waals surface area (Å²) in [5.41, 5.74) is 0. The average molecular weight is 406 g/mol. The number of aromatic nitrogens is 3. The van der Waals surface area contributed by atoms with Crippen LogP contribution in [0.25, 0.3) is 0 Å². The predicted molar refractivity (Wildman–Crippen MR) is 95.8 cm³/mol. The van der Waals surface area contributed by atoms with Gasteiger partial charge < -0.3 is 14.8 Å². The molecule has 7 heteroatoms. The molecule has 1 aliphatic heterocycles. The molecular formula is C14H27IN6. The van der Waals surface area contributed by atoms with Gasteiger partial charge in [-0.15, -0.1) is 34.2 Å². The molecule has 2 atom stereocenters. The molecule has 1 saturated heterocycles. The third-order valence-electron chi connectivity index (χ3n) is 3.82. The van der Waals surface area contributed by atoms with E-state index in [1.54, 1.807) is 6.33 Å². The van der Waals surface area contributed by atoms with Gasteiger partial charge in [0.15, 0.2) is 11.8 Å². The van der Waals surface area contributed by atoms with Crippen molar-refractivity contribution >= 4 is 29.9 Å². The molecule has 2 rings (SSSR count). The Labute approximate surface area is 144 Å². The number of halogens is 1. The average Bonchev–Trinajstić information content (AvgIpc) is 2.86. The van der Waals surface area contributed by atoms with Crippen molar-refractivity contribution in [2.24, 2.45) is 16.8 Å². The summed E-state index contributed by atoms with van der Waals surface area (Å²) in [6.45, 7) is 10.4. The molecule has 0 radical (unpaired) electrons. The number of guanidine groups is 1. The zero-order valence-corrected chi connectivity index (χ0v) is 15.7. The smallest absolute Gasteiger partial charge is 0.194 e. The zero-order chi connectivity index (χ0) is 14.5. The van der Waals surface area contributed by atoms with Gasteiger partial charge in [-0.3, -0.25) is 4.99 Å². The number of hydrogen-bond acceptors (Lipinski definition) is 3. The van der Waals surface area contributed by atoms with Crippen molar-refractivity contribution < 1.29 is 0 Å². The molecule has 1 N–H and O–H groups in total. The Kier molecular flexibility index (Phi) is 7.41. The van der Waals surface area contributed by atoms with Crippen molar-refractivity contribution in [3.8, 4) is 0 Å². The first-order valence-corrected chi connectivity index (χ1v) is 7.46. The van der Waals surface area contributed by atoms with Gasteiger partial charge in [0.1, 0.15) is 6.33 Å². The van der Waals surface area contributed by atoms with Crippen LogP contribution in [-0.4, -0.2) is 45.8 Å². The number of likely N-dealkylation sites (tertiary alicyclic amines) is 1. The monoisotopic (exact) mass is 406 g/mol. The molecule has 0 bridgehead atoms. The minimum Gasteiger partial charge on any atom is -0.349 e.